The van der Waals surface area contributed by atoms with Gasteiger partial charge in [-0.3, -0.25) is 9.59 Å². The molecule has 0 aliphatic rings. The predicted molar refractivity (Wildman–Crippen MR) is 80.5 cm³/mol. The molecule has 0 aromatic heterocycles. The van der Waals surface area contributed by atoms with Gasteiger partial charge in [0.15, 0.2) is 5.78 Å². The van der Waals surface area contributed by atoms with Crippen LogP contribution < -0.4 is 11.5 Å². The fraction of sp³-hybridized carbons (Fsp3) is 0.846. The number of nitrogens with two attached hydrogens (primary N) is 2. The lowest BCUT2D eigenvalue weighted by Crippen LogP contribution is -2.45. The van der Waals surface area contributed by atoms with E-state index in [0.29, 0.717) is 13.0 Å². The molecule has 10 heteroatoms. The Hall–Kier alpha value is -1.14. The predicted octanol–water partition coefficient (Wildman–Crippen LogP) is -3.20. The molecule has 0 amide bonds. The summed E-state index contributed by atoms with van der Waals surface area (Å²) in [5, 5.41) is 43.4. The first-order chi connectivity index (χ1) is 10.8. The topological polar surface area (TPSA) is 197 Å². The maximum Gasteiger partial charge on any atom is 0.320 e. The lowest BCUT2D eigenvalue weighted by atomic mass is 10.1. The molecule has 0 aromatic carbocycles. The van der Waals surface area contributed by atoms with E-state index in [4.69, 9.17) is 31.9 Å². The Balaban J connectivity index is 0. The molecule has 0 fully saturated rings. The van der Waals surface area contributed by atoms with Gasteiger partial charge in [0.1, 0.15) is 31.0 Å². The van der Waals surface area contributed by atoms with E-state index in [-0.39, 0.29) is 0 Å². The maximum absolute atomic E-state index is 10.9. The van der Waals surface area contributed by atoms with Crippen LogP contribution in [0.1, 0.15) is 19.3 Å². The normalized spacial score (nSPS) is 15.8. The molecule has 23 heavy (non-hydrogen) atoms. The van der Waals surface area contributed by atoms with Crippen molar-refractivity contribution in [2.45, 2.75) is 43.6 Å². The first kappa shape index (κ1) is 24.1. The molecule has 9 N–H and O–H groups in total. The number of ketones is 1. The number of aliphatic carboxylic acids is 1. The van der Waals surface area contributed by atoms with E-state index in [0.717, 1.165) is 20.0 Å². The van der Waals surface area contributed by atoms with Crippen LogP contribution in [-0.4, -0.2) is 88.5 Å². The molecule has 0 rings (SSSR count). The van der Waals surface area contributed by atoms with Crippen molar-refractivity contribution in [1.82, 2.24) is 0 Å². The van der Waals surface area contributed by atoms with Crippen molar-refractivity contribution in [3.8, 4) is 0 Å². The Morgan fingerprint density at radius 2 is 1.74 bits per heavy atom. The number of carboxylic acids is 1. The molecule has 0 aliphatic heterocycles. The molecule has 0 saturated heterocycles. The van der Waals surface area contributed by atoms with Gasteiger partial charge in [0, 0.05) is 7.11 Å². The van der Waals surface area contributed by atoms with E-state index in [9.17, 15) is 14.7 Å². The second-order valence-electron chi connectivity index (χ2n) is 4.75. The van der Waals surface area contributed by atoms with Gasteiger partial charge in [0.25, 0.3) is 0 Å². The number of methoxy groups -OCH3 is 1. The second kappa shape index (κ2) is 14.5. The Kier molecular flexibility index (Phi) is 15.2. The molecule has 0 aromatic rings. The summed E-state index contributed by atoms with van der Waals surface area (Å²) in [6.45, 7) is -0.861. The fourth-order valence-corrected chi connectivity index (χ4v) is 1.49. The van der Waals surface area contributed by atoms with E-state index >= 15 is 0 Å². The Morgan fingerprint density at radius 1 is 1.17 bits per heavy atom. The van der Waals surface area contributed by atoms with Crippen molar-refractivity contribution in [2.75, 3.05) is 26.9 Å². The average molecular weight is 340 g/mol. The van der Waals surface area contributed by atoms with Crippen molar-refractivity contribution >= 4 is 11.8 Å². The standard InChI is InChI=1S/C7H14O6.C6H14N2O2/c1-13-7(5(11)3-9)6(12)4(10)2-8;7-4-2-1-3-5(8)6(9)10/h4,6-10,12H,2-3H2,1H3;5H,1-4,7-8H2,(H,9,10)/t4-,6-,7-;/m1./s1. The number of aliphatic hydroxyl groups excluding tert-OH is 4. The molecule has 10 nitrogen and oxygen atoms in total. The lowest BCUT2D eigenvalue weighted by molar-refractivity contribution is -0.146. The van der Waals surface area contributed by atoms with Crippen molar-refractivity contribution in [2.24, 2.45) is 11.5 Å². The first-order valence-electron chi connectivity index (χ1n) is 7.08. The van der Waals surface area contributed by atoms with Crippen LogP contribution in [-0.2, 0) is 14.3 Å². The molecule has 0 bridgehead atoms. The molecule has 0 aliphatic carbocycles. The van der Waals surface area contributed by atoms with Crippen LogP contribution in [0.25, 0.3) is 0 Å². The third-order valence-electron chi connectivity index (χ3n) is 2.91. The van der Waals surface area contributed by atoms with Gasteiger partial charge in [0.2, 0.25) is 0 Å². The number of Topliss-reactive ketones (excluding diaryl/α,β-unsaturated/α-hetero) is 1. The minimum atomic E-state index is -1.53. The van der Waals surface area contributed by atoms with Crippen molar-refractivity contribution in [1.29, 1.82) is 0 Å². The highest BCUT2D eigenvalue weighted by Gasteiger charge is 2.30. The fourth-order valence-electron chi connectivity index (χ4n) is 1.49. The number of aliphatic hydroxyl groups is 4. The highest BCUT2D eigenvalue weighted by molar-refractivity contribution is 5.84. The SMILES string of the molecule is CO[C@H](C(=O)CO)[C@H](O)[C@H](O)CO.NCCCCC(N)C(=O)O. The van der Waals surface area contributed by atoms with Crippen LogP contribution in [0.4, 0.5) is 0 Å². The highest BCUT2D eigenvalue weighted by atomic mass is 16.5. The largest absolute Gasteiger partial charge is 0.480 e. The van der Waals surface area contributed by atoms with E-state index in [2.05, 4.69) is 4.74 Å². The Bertz CT molecular complexity index is 329. The molecular weight excluding hydrogens is 312 g/mol. The minimum absolute atomic E-state index is 0.520. The summed E-state index contributed by atoms with van der Waals surface area (Å²) in [6, 6.07) is -0.716. The molecular formula is C13H28N2O8. The summed E-state index contributed by atoms with van der Waals surface area (Å²) < 4.78 is 4.56. The number of carboxylic acid groups (broad SMARTS) is 1. The summed E-state index contributed by atoms with van der Waals surface area (Å²) in [7, 11) is 1.16. The van der Waals surface area contributed by atoms with Gasteiger partial charge in [-0.05, 0) is 19.4 Å². The van der Waals surface area contributed by atoms with Crippen LogP contribution in [0.3, 0.4) is 0 Å². The summed E-state index contributed by atoms with van der Waals surface area (Å²) >= 11 is 0. The summed E-state index contributed by atoms with van der Waals surface area (Å²) in [5.41, 5.74) is 10.4. The van der Waals surface area contributed by atoms with Crippen LogP contribution in [0.5, 0.6) is 0 Å². The zero-order chi connectivity index (χ0) is 18.4. The molecule has 0 spiro atoms. The summed E-state index contributed by atoms with van der Waals surface area (Å²) in [4.78, 5) is 21.0. The summed E-state index contributed by atoms with van der Waals surface area (Å²) in [6.07, 6.45) is -2.14. The second-order valence-corrected chi connectivity index (χ2v) is 4.75. The van der Waals surface area contributed by atoms with Crippen molar-refractivity contribution in [3.05, 3.63) is 0 Å². The Labute approximate surface area is 134 Å². The van der Waals surface area contributed by atoms with Gasteiger partial charge in [-0.15, -0.1) is 0 Å². The smallest absolute Gasteiger partial charge is 0.320 e. The number of ether oxygens (including phenoxy) is 1. The first-order valence-corrected chi connectivity index (χ1v) is 7.08. The van der Waals surface area contributed by atoms with E-state index in [1.807, 2.05) is 0 Å². The van der Waals surface area contributed by atoms with Gasteiger partial charge < -0.3 is 41.7 Å². The zero-order valence-corrected chi connectivity index (χ0v) is 13.2. The summed E-state index contributed by atoms with van der Waals surface area (Å²) in [5.74, 6) is -1.68. The van der Waals surface area contributed by atoms with E-state index in [1.165, 1.54) is 0 Å². The van der Waals surface area contributed by atoms with Crippen LogP contribution in [0.2, 0.25) is 0 Å². The molecule has 4 atom stereocenters. The Morgan fingerprint density at radius 3 is 2.09 bits per heavy atom. The number of rotatable bonds is 11. The average Bonchev–Trinajstić information content (AvgIpc) is 2.54. The zero-order valence-electron chi connectivity index (χ0n) is 13.2. The number of hydrogen-bond donors (Lipinski definition) is 7. The minimum Gasteiger partial charge on any atom is -0.480 e. The van der Waals surface area contributed by atoms with Gasteiger partial charge in [-0.25, -0.2) is 0 Å². The number of carbonyl (C=O) groups is 2. The third-order valence-corrected chi connectivity index (χ3v) is 2.91. The lowest BCUT2D eigenvalue weighted by Gasteiger charge is -2.22. The highest BCUT2D eigenvalue weighted by Crippen LogP contribution is 2.04. The van der Waals surface area contributed by atoms with Crippen molar-refractivity contribution in [3.63, 3.8) is 0 Å². The molecule has 0 heterocycles. The van der Waals surface area contributed by atoms with Gasteiger partial charge in [-0.1, -0.05) is 6.42 Å². The number of hydrogen-bond acceptors (Lipinski definition) is 9. The van der Waals surface area contributed by atoms with E-state index < -0.39 is 49.3 Å². The molecule has 1 unspecified atom stereocenters. The number of carbonyl (C=O) groups excluding carboxylic acids is 1. The van der Waals surface area contributed by atoms with Gasteiger partial charge in [-0.2, -0.15) is 0 Å². The number of unbranched alkanes of at least 4 members (excludes halogenated alkanes) is 1. The van der Waals surface area contributed by atoms with Crippen LogP contribution >= 0.6 is 0 Å². The third kappa shape index (κ3) is 11.1. The molecule has 138 valence electrons. The van der Waals surface area contributed by atoms with Crippen LogP contribution in [0, 0.1) is 0 Å². The monoisotopic (exact) mass is 340 g/mol. The van der Waals surface area contributed by atoms with Crippen molar-refractivity contribution < 1.29 is 39.9 Å². The van der Waals surface area contributed by atoms with Gasteiger partial charge >= 0.3 is 5.97 Å². The van der Waals surface area contributed by atoms with Crippen LogP contribution in [0.15, 0.2) is 0 Å². The van der Waals surface area contributed by atoms with Gasteiger partial charge in [0.05, 0.1) is 6.61 Å². The maximum atomic E-state index is 10.9. The quantitative estimate of drug-likeness (QED) is 0.188. The van der Waals surface area contributed by atoms with E-state index in [1.54, 1.807) is 0 Å². The molecule has 0 saturated carbocycles. The molecule has 0 radical (unpaired) electrons.